The van der Waals surface area contributed by atoms with Crippen molar-refractivity contribution in [1.82, 2.24) is 10.7 Å². The molecule has 1 unspecified atom stereocenters. The summed E-state index contributed by atoms with van der Waals surface area (Å²) in [5, 5.41) is 14.6. The van der Waals surface area contributed by atoms with Crippen molar-refractivity contribution in [2.75, 3.05) is 0 Å². The van der Waals surface area contributed by atoms with Crippen LogP contribution in [0.2, 0.25) is 0 Å². The summed E-state index contributed by atoms with van der Waals surface area (Å²) in [4.78, 5) is 10.2. The number of amidine groups is 1. The average molecular weight is 231 g/mol. The maximum Gasteiger partial charge on any atom is 0.207 e. The minimum Gasteiger partial charge on any atom is -0.355 e. The molecule has 0 saturated heterocycles. The zero-order valence-electron chi connectivity index (χ0n) is 9.42. The van der Waals surface area contributed by atoms with Crippen LogP contribution in [0, 0.1) is 0 Å². The van der Waals surface area contributed by atoms with Crippen LogP contribution in [-0.4, -0.2) is 12.2 Å². The quantitative estimate of drug-likeness (QED) is 0.766. The first-order valence-corrected chi connectivity index (χ1v) is 5.26. The summed E-state index contributed by atoms with van der Waals surface area (Å²) >= 11 is 0. The Bertz CT molecular complexity index is 451. The van der Waals surface area contributed by atoms with Gasteiger partial charge < -0.3 is 5.32 Å². The number of hydrogen-bond acceptors (Lipinski definition) is 5. The highest BCUT2D eigenvalue weighted by atomic mass is 16.1. The second-order valence-electron chi connectivity index (χ2n) is 3.65. The third-order valence-corrected chi connectivity index (χ3v) is 2.35. The Kier molecular flexibility index (Phi) is 3.44. The lowest BCUT2D eigenvalue weighted by molar-refractivity contribution is -0.109. The average Bonchev–Trinajstić information content (AvgIpc) is 2.38. The summed E-state index contributed by atoms with van der Waals surface area (Å²) in [7, 11) is 0. The molecule has 1 heterocycles. The van der Waals surface area contributed by atoms with Gasteiger partial charge in [-0.05, 0) is 18.1 Å². The van der Waals surface area contributed by atoms with Crippen molar-refractivity contribution in [1.29, 1.82) is 0 Å². The summed E-state index contributed by atoms with van der Waals surface area (Å²) in [6, 6.07) is 7.76. The zero-order chi connectivity index (χ0) is 12.1. The van der Waals surface area contributed by atoms with Crippen molar-refractivity contribution in [2.45, 2.75) is 19.6 Å². The molecule has 1 aromatic carbocycles. The minimum atomic E-state index is -0.230. The van der Waals surface area contributed by atoms with Gasteiger partial charge in [0.05, 0.1) is 0 Å². The fourth-order valence-electron chi connectivity index (χ4n) is 1.46. The van der Waals surface area contributed by atoms with Gasteiger partial charge in [-0.25, -0.2) is 0 Å². The first-order chi connectivity index (χ1) is 8.29. The molecule has 88 valence electrons. The molecule has 2 N–H and O–H groups in total. The Morgan fingerprint density at radius 1 is 1.41 bits per heavy atom. The van der Waals surface area contributed by atoms with Gasteiger partial charge in [-0.3, -0.25) is 10.2 Å². The molecule has 17 heavy (non-hydrogen) atoms. The normalized spacial score (nSPS) is 18.2. The summed E-state index contributed by atoms with van der Waals surface area (Å²) < 4.78 is 0. The van der Waals surface area contributed by atoms with E-state index in [2.05, 4.69) is 26.1 Å². The molecule has 0 spiro atoms. The van der Waals surface area contributed by atoms with Crippen LogP contribution in [-0.2, 0) is 11.3 Å². The number of rotatable bonds is 4. The number of benzene rings is 1. The molecular formula is C11H13N5O. The van der Waals surface area contributed by atoms with Crippen LogP contribution in [0.15, 0.2) is 39.6 Å². The summed E-state index contributed by atoms with van der Waals surface area (Å²) in [5.41, 5.74) is 4.92. The third kappa shape index (κ3) is 2.87. The van der Waals surface area contributed by atoms with E-state index in [0.717, 1.165) is 11.1 Å². The maximum absolute atomic E-state index is 10.2. The Morgan fingerprint density at radius 3 is 2.76 bits per heavy atom. The fraction of sp³-hybridized carbons (Fsp3) is 0.273. The third-order valence-electron chi connectivity index (χ3n) is 2.35. The monoisotopic (exact) mass is 231 g/mol. The number of nitrogens with one attached hydrogen (secondary N) is 2. The lowest BCUT2D eigenvalue weighted by Crippen LogP contribution is -2.18. The van der Waals surface area contributed by atoms with Gasteiger partial charge in [0.25, 0.3) is 0 Å². The molecule has 0 radical (unpaired) electrons. The number of amides is 1. The Balaban J connectivity index is 2.03. The van der Waals surface area contributed by atoms with Gasteiger partial charge in [-0.15, -0.1) is 5.11 Å². The Morgan fingerprint density at radius 2 is 2.18 bits per heavy atom. The Labute approximate surface area is 98.8 Å². The summed E-state index contributed by atoms with van der Waals surface area (Å²) in [5.74, 6) is 0.619. The standard InChI is InChI=1S/C11H13N5O/c1-8-13-15-11(16-14-8)10-4-2-9(3-5-10)6-12-7-17/h2-5,7,11,15H,6H2,1H3,(H,12,17). The minimum absolute atomic E-state index is 0.230. The van der Waals surface area contributed by atoms with Crippen molar-refractivity contribution in [2.24, 2.45) is 15.3 Å². The highest BCUT2D eigenvalue weighted by Crippen LogP contribution is 2.17. The molecule has 0 aromatic heterocycles. The molecule has 1 aliphatic heterocycles. The SMILES string of the molecule is CC1=NNC(c2ccc(CNC=O)cc2)N=N1. The van der Waals surface area contributed by atoms with Crippen LogP contribution in [0.3, 0.4) is 0 Å². The van der Waals surface area contributed by atoms with E-state index in [0.29, 0.717) is 18.8 Å². The second kappa shape index (κ2) is 5.20. The van der Waals surface area contributed by atoms with Crippen molar-refractivity contribution in [3.8, 4) is 0 Å². The largest absolute Gasteiger partial charge is 0.355 e. The van der Waals surface area contributed by atoms with E-state index in [1.54, 1.807) is 6.92 Å². The lowest BCUT2D eigenvalue weighted by atomic mass is 10.1. The van der Waals surface area contributed by atoms with Crippen LogP contribution in [0.5, 0.6) is 0 Å². The van der Waals surface area contributed by atoms with Crippen molar-refractivity contribution >= 4 is 12.2 Å². The molecule has 0 aliphatic carbocycles. The highest BCUT2D eigenvalue weighted by molar-refractivity contribution is 5.79. The van der Waals surface area contributed by atoms with Crippen molar-refractivity contribution in [3.63, 3.8) is 0 Å². The van der Waals surface area contributed by atoms with E-state index in [1.165, 1.54) is 0 Å². The molecule has 6 heteroatoms. The molecule has 1 amide bonds. The van der Waals surface area contributed by atoms with E-state index in [-0.39, 0.29) is 6.17 Å². The van der Waals surface area contributed by atoms with E-state index in [1.807, 2.05) is 24.3 Å². The van der Waals surface area contributed by atoms with Gasteiger partial charge in [0, 0.05) is 6.54 Å². The van der Waals surface area contributed by atoms with Gasteiger partial charge in [-0.2, -0.15) is 10.2 Å². The molecule has 0 fully saturated rings. The predicted molar refractivity (Wildman–Crippen MR) is 63.2 cm³/mol. The van der Waals surface area contributed by atoms with Crippen LogP contribution in [0.1, 0.15) is 24.2 Å². The molecule has 0 saturated carbocycles. The van der Waals surface area contributed by atoms with Crippen LogP contribution < -0.4 is 10.7 Å². The smallest absolute Gasteiger partial charge is 0.207 e. The zero-order valence-corrected chi connectivity index (χ0v) is 9.42. The number of carbonyl (C=O) groups is 1. The van der Waals surface area contributed by atoms with Gasteiger partial charge in [-0.1, -0.05) is 24.3 Å². The van der Waals surface area contributed by atoms with Crippen LogP contribution in [0.25, 0.3) is 0 Å². The second-order valence-corrected chi connectivity index (χ2v) is 3.65. The lowest BCUT2D eigenvalue weighted by Gasteiger charge is -2.15. The van der Waals surface area contributed by atoms with E-state index >= 15 is 0 Å². The first-order valence-electron chi connectivity index (χ1n) is 5.26. The molecule has 1 atom stereocenters. The number of nitrogens with zero attached hydrogens (tertiary/aromatic N) is 3. The Hall–Kier alpha value is -2.24. The first kappa shape index (κ1) is 11.3. The number of hydrazone groups is 1. The van der Waals surface area contributed by atoms with Crippen molar-refractivity contribution in [3.05, 3.63) is 35.4 Å². The molecule has 2 rings (SSSR count). The van der Waals surface area contributed by atoms with E-state index in [9.17, 15) is 4.79 Å². The topological polar surface area (TPSA) is 78.2 Å². The van der Waals surface area contributed by atoms with Crippen molar-refractivity contribution < 1.29 is 4.79 Å². The maximum atomic E-state index is 10.2. The summed E-state index contributed by atoms with van der Waals surface area (Å²) in [6.45, 7) is 2.31. The van der Waals surface area contributed by atoms with Gasteiger partial charge >= 0.3 is 0 Å². The number of hydrogen-bond donors (Lipinski definition) is 2. The van der Waals surface area contributed by atoms with E-state index in [4.69, 9.17) is 0 Å². The van der Waals surface area contributed by atoms with Gasteiger partial charge in [0.2, 0.25) is 6.41 Å². The van der Waals surface area contributed by atoms with Crippen LogP contribution >= 0.6 is 0 Å². The number of azo groups is 1. The fourth-order valence-corrected chi connectivity index (χ4v) is 1.46. The van der Waals surface area contributed by atoms with Gasteiger partial charge in [0.1, 0.15) is 0 Å². The van der Waals surface area contributed by atoms with E-state index < -0.39 is 0 Å². The van der Waals surface area contributed by atoms with Gasteiger partial charge in [0.15, 0.2) is 12.0 Å². The molecular weight excluding hydrogens is 218 g/mol. The molecule has 6 nitrogen and oxygen atoms in total. The highest BCUT2D eigenvalue weighted by Gasteiger charge is 2.11. The predicted octanol–water partition coefficient (Wildman–Crippen LogP) is 1.32. The number of carbonyl (C=O) groups excluding carboxylic acids is 1. The molecule has 1 aromatic rings. The molecule has 0 bridgehead atoms. The molecule has 1 aliphatic rings. The summed E-state index contributed by atoms with van der Waals surface area (Å²) in [6.07, 6.45) is 0.453. The van der Waals surface area contributed by atoms with Crippen LogP contribution in [0.4, 0.5) is 0 Å².